The molecular formula is C17H21FN4OS. The van der Waals surface area contributed by atoms with Gasteiger partial charge in [-0.05, 0) is 24.3 Å². The summed E-state index contributed by atoms with van der Waals surface area (Å²) < 4.78 is 14.9. The SMILES string of the molecule is Cn1ccnc1C1CNCCN1C(=O)CCSc1ccc(F)cc1. The molecule has 1 saturated heterocycles. The normalized spacial score (nSPS) is 17.9. The summed E-state index contributed by atoms with van der Waals surface area (Å²) in [6.07, 6.45) is 4.12. The van der Waals surface area contributed by atoms with E-state index in [1.165, 1.54) is 12.1 Å². The van der Waals surface area contributed by atoms with Gasteiger partial charge in [-0.2, -0.15) is 0 Å². The van der Waals surface area contributed by atoms with E-state index < -0.39 is 0 Å². The van der Waals surface area contributed by atoms with Gasteiger partial charge in [-0.3, -0.25) is 4.79 Å². The second-order valence-corrected chi connectivity index (χ2v) is 6.92. The van der Waals surface area contributed by atoms with E-state index >= 15 is 0 Å². The van der Waals surface area contributed by atoms with E-state index in [1.807, 2.05) is 22.7 Å². The van der Waals surface area contributed by atoms with Crippen molar-refractivity contribution in [3.05, 3.63) is 48.3 Å². The molecule has 1 aliphatic heterocycles. The number of piperazine rings is 1. The van der Waals surface area contributed by atoms with Crippen molar-refractivity contribution in [2.45, 2.75) is 17.4 Å². The van der Waals surface area contributed by atoms with Crippen LogP contribution in [0.3, 0.4) is 0 Å². The van der Waals surface area contributed by atoms with Crippen molar-refractivity contribution in [3.63, 3.8) is 0 Å². The highest BCUT2D eigenvalue weighted by atomic mass is 32.2. The van der Waals surface area contributed by atoms with Crippen LogP contribution < -0.4 is 5.32 Å². The number of thioether (sulfide) groups is 1. The van der Waals surface area contributed by atoms with Gasteiger partial charge >= 0.3 is 0 Å². The molecule has 2 aromatic rings. The minimum absolute atomic E-state index is 0.0259. The molecule has 128 valence electrons. The Labute approximate surface area is 145 Å². The third-order valence-corrected chi connectivity index (χ3v) is 5.13. The lowest BCUT2D eigenvalue weighted by molar-refractivity contribution is -0.134. The molecule has 2 heterocycles. The number of nitrogens with one attached hydrogen (secondary N) is 1. The van der Waals surface area contributed by atoms with Crippen molar-refractivity contribution in [3.8, 4) is 0 Å². The van der Waals surface area contributed by atoms with Crippen LogP contribution in [0.1, 0.15) is 18.3 Å². The third kappa shape index (κ3) is 3.96. The van der Waals surface area contributed by atoms with Gasteiger partial charge in [0.1, 0.15) is 17.7 Å². The number of rotatable bonds is 5. The Balaban J connectivity index is 1.58. The lowest BCUT2D eigenvalue weighted by Gasteiger charge is -2.35. The molecule has 7 heteroatoms. The van der Waals surface area contributed by atoms with E-state index in [-0.39, 0.29) is 17.8 Å². The summed E-state index contributed by atoms with van der Waals surface area (Å²) >= 11 is 1.57. The third-order valence-electron chi connectivity index (χ3n) is 4.12. The predicted molar refractivity (Wildman–Crippen MR) is 92.3 cm³/mol. The zero-order valence-electron chi connectivity index (χ0n) is 13.6. The van der Waals surface area contributed by atoms with Gasteiger partial charge in [-0.15, -0.1) is 11.8 Å². The van der Waals surface area contributed by atoms with Crippen LogP contribution in [0.5, 0.6) is 0 Å². The van der Waals surface area contributed by atoms with Crippen molar-refractivity contribution in [2.75, 3.05) is 25.4 Å². The monoisotopic (exact) mass is 348 g/mol. The average molecular weight is 348 g/mol. The number of hydrogen-bond donors (Lipinski definition) is 1. The number of aromatic nitrogens is 2. The fourth-order valence-electron chi connectivity index (χ4n) is 2.86. The second kappa shape index (κ2) is 7.81. The zero-order chi connectivity index (χ0) is 16.9. The lowest BCUT2D eigenvalue weighted by atomic mass is 10.1. The van der Waals surface area contributed by atoms with Crippen LogP contribution in [-0.4, -0.2) is 45.7 Å². The lowest BCUT2D eigenvalue weighted by Crippen LogP contribution is -2.49. The highest BCUT2D eigenvalue weighted by Crippen LogP contribution is 2.23. The first-order valence-corrected chi connectivity index (χ1v) is 8.99. The average Bonchev–Trinajstić information content (AvgIpc) is 3.02. The summed E-state index contributed by atoms with van der Waals surface area (Å²) in [7, 11) is 1.95. The van der Waals surface area contributed by atoms with Gasteiger partial charge < -0.3 is 14.8 Å². The van der Waals surface area contributed by atoms with E-state index in [0.29, 0.717) is 18.7 Å². The standard InChI is InChI=1S/C17H21FN4OS/c1-21-9-8-20-17(21)15-12-19-7-10-22(15)16(23)6-11-24-14-4-2-13(18)3-5-14/h2-5,8-9,15,19H,6-7,10-12H2,1H3. The topological polar surface area (TPSA) is 50.2 Å². The van der Waals surface area contributed by atoms with Gasteiger partial charge in [-0.1, -0.05) is 0 Å². The number of nitrogens with zero attached hydrogens (tertiary/aromatic N) is 3. The first kappa shape index (κ1) is 17.0. The van der Waals surface area contributed by atoms with E-state index in [2.05, 4.69) is 10.3 Å². The van der Waals surface area contributed by atoms with Crippen LogP contribution in [0.4, 0.5) is 4.39 Å². The second-order valence-electron chi connectivity index (χ2n) is 5.76. The molecule has 1 aliphatic rings. The predicted octanol–water partition coefficient (Wildman–Crippen LogP) is 2.21. The highest BCUT2D eigenvalue weighted by molar-refractivity contribution is 7.99. The van der Waals surface area contributed by atoms with Gasteiger partial charge in [0.05, 0.1) is 0 Å². The Kier molecular flexibility index (Phi) is 5.52. The molecule has 0 saturated carbocycles. The quantitative estimate of drug-likeness (QED) is 0.842. The molecule has 0 spiro atoms. The van der Waals surface area contributed by atoms with Crippen LogP contribution >= 0.6 is 11.8 Å². The summed E-state index contributed by atoms with van der Waals surface area (Å²) in [4.78, 5) is 19.9. The maximum absolute atomic E-state index is 12.9. The van der Waals surface area contributed by atoms with Crippen LogP contribution in [0.25, 0.3) is 0 Å². The van der Waals surface area contributed by atoms with Crippen molar-refractivity contribution in [1.29, 1.82) is 0 Å². The fraction of sp³-hybridized carbons (Fsp3) is 0.412. The number of imidazole rings is 1. The van der Waals surface area contributed by atoms with Gasteiger partial charge in [0.15, 0.2) is 0 Å². The zero-order valence-corrected chi connectivity index (χ0v) is 14.4. The summed E-state index contributed by atoms with van der Waals surface area (Å²) in [5, 5.41) is 3.33. The van der Waals surface area contributed by atoms with E-state index in [0.717, 1.165) is 23.8 Å². The number of hydrogen-bond acceptors (Lipinski definition) is 4. The smallest absolute Gasteiger partial charge is 0.224 e. The minimum atomic E-state index is -0.242. The molecule has 1 amide bonds. The Morgan fingerprint density at radius 2 is 2.21 bits per heavy atom. The summed E-state index contributed by atoms with van der Waals surface area (Å²) in [5.74, 6) is 1.48. The molecule has 1 aromatic carbocycles. The van der Waals surface area contributed by atoms with E-state index in [4.69, 9.17) is 0 Å². The number of amides is 1. The Morgan fingerprint density at radius 3 is 2.92 bits per heavy atom. The molecule has 1 atom stereocenters. The van der Waals surface area contributed by atoms with Crippen LogP contribution in [0, 0.1) is 5.82 Å². The van der Waals surface area contributed by atoms with Crippen LogP contribution in [0.2, 0.25) is 0 Å². The van der Waals surface area contributed by atoms with Crippen LogP contribution in [0.15, 0.2) is 41.6 Å². The molecule has 5 nitrogen and oxygen atoms in total. The molecule has 1 unspecified atom stereocenters. The van der Waals surface area contributed by atoms with Gasteiger partial charge in [0, 0.05) is 56.1 Å². The largest absolute Gasteiger partial charge is 0.336 e. The number of carbonyl (C=O) groups excluding carboxylic acids is 1. The van der Waals surface area contributed by atoms with Crippen molar-refractivity contribution >= 4 is 17.7 Å². The van der Waals surface area contributed by atoms with Gasteiger partial charge in [0.2, 0.25) is 5.91 Å². The first-order chi connectivity index (χ1) is 11.6. The molecule has 0 aliphatic carbocycles. The Morgan fingerprint density at radius 1 is 1.42 bits per heavy atom. The molecule has 1 fully saturated rings. The van der Waals surface area contributed by atoms with Crippen molar-refractivity contribution < 1.29 is 9.18 Å². The Bertz CT molecular complexity index is 688. The molecule has 1 aromatic heterocycles. The van der Waals surface area contributed by atoms with Crippen LogP contribution in [-0.2, 0) is 11.8 Å². The van der Waals surface area contributed by atoms with Gasteiger partial charge in [-0.25, -0.2) is 9.37 Å². The van der Waals surface area contributed by atoms with Crippen molar-refractivity contribution in [2.24, 2.45) is 7.05 Å². The summed E-state index contributed by atoms with van der Waals surface area (Å²) in [6, 6.07) is 6.34. The highest BCUT2D eigenvalue weighted by Gasteiger charge is 2.29. The number of carbonyl (C=O) groups is 1. The van der Waals surface area contributed by atoms with E-state index in [1.54, 1.807) is 30.1 Å². The number of halogens is 1. The molecule has 24 heavy (non-hydrogen) atoms. The summed E-state index contributed by atoms with van der Waals surface area (Å²) in [5.41, 5.74) is 0. The van der Waals surface area contributed by atoms with Crippen molar-refractivity contribution in [1.82, 2.24) is 19.8 Å². The summed E-state index contributed by atoms with van der Waals surface area (Å²) in [6.45, 7) is 2.22. The van der Waals surface area contributed by atoms with E-state index in [9.17, 15) is 9.18 Å². The molecular weight excluding hydrogens is 327 g/mol. The van der Waals surface area contributed by atoms with Gasteiger partial charge in [0.25, 0.3) is 0 Å². The maximum Gasteiger partial charge on any atom is 0.224 e. The fourth-order valence-corrected chi connectivity index (χ4v) is 3.70. The molecule has 0 bridgehead atoms. The maximum atomic E-state index is 12.9. The number of benzene rings is 1. The first-order valence-electron chi connectivity index (χ1n) is 8.01. The molecule has 1 N–H and O–H groups in total. The molecule has 0 radical (unpaired) electrons. The number of aryl methyl sites for hydroxylation is 1. The molecule has 3 rings (SSSR count). The minimum Gasteiger partial charge on any atom is -0.336 e. The Hall–Kier alpha value is -1.86.